The third-order valence-electron chi connectivity index (χ3n) is 5.25. The molecule has 2 aromatic heterocycles. The standard InChI is InChI=1S/C25H31N3O5/c1-18(2)28(25(31)20-16-21(27(3)26-20)23-12-9-15-33-23)17-19-10-6-7-11-22(19)32-14-8-4-5-13-24(29)30/h6-7,9-12,15-16,18H,4-5,8,13-14,17H2,1-3H3,(H,29,30)/i18D. The second kappa shape index (κ2) is 11.4. The molecule has 1 amide bonds. The Morgan fingerprint density at radius 3 is 2.70 bits per heavy atom. The summed E-state index contributed by atoms with van der Waals surface area (Å²) in [6, 6.07) is 11.5. The number of hydrogen-bond acceptors (Lipinski definition) is 5. The van der Waals surface area contributed by atoms with Crippen LogP contribution in [-0.4, -0.2) is 44.3 Å². The SMILES string of the molecule is [2H]C(C)(C)N(Cc1ccccc1OCCCCCC(=O)O)C(=O)c1cc(-c2ccco2)n(C)n1. The first kappa shape index (κ1) is 22.6. The number of benzene rings is 1. The molecule has 0 saturated heterocycles. The van der Waals surface area contributed by atoms with Crippen molar-refractivity contribution in [1.29, 1.82) is 0 Å². The summed E-state index contributed by atoms with van der Waals surface area (Å²) >= 11 is 0. The molecule has 0 spiro atoms. The Bertz CT molecular complexity index is 1100. The predicted molar refractivity (Wildman–Crippen MR) is 124 cm³/mol. The van der Waals surface area contributed by atoms with Gasteiger partial charge < -0.3 is 19.2 Å². The van der Waals surface area contributed by atoms with Gasteiger partial charge in [0.15, 0.2) is 11.5 Å². The van der Waals surface area contributed by atoms with E-state index >= 15 is 0 Å². The van der Waals surface area contributed by atoms with Crippen molar-refractivity contribution < 1.29 is 25.2 Å². The van der Waals surface area contributed by atoms with E-state index in [1.165, 1.54) is 4.90 Å². The van der Waals surface area contributed by atoms with Crippen molar-refractivity contribution in [2.75, 3.05) is 6.61 Å². The van der Waals surface area contributed by atoms with Crippen molar-refractivity contribution in [3.05, 3.63) is 60.0 Å². The number of carboxylic acid groups (broad SMARTS) is 1. The highest BCUT2D eigenvalue weighted by Gasteiger charge is 2.24. The van der Waals surface area contributed by atoms with Crippen LogP contribution in [0.25, 0.3) is 11.5 Å². The van der Waals surface area contributed by atoms with Gasteiger partial charge in [-0.25, -0.2) is 0 Å². The van der Waals surface area contributed by atoms with Gasteiger partial charge in [-0.1, -0.05) is 18.2 Å². The Hall–Kier alpha value is -3.55. The minimum absolute atomic E-state index is 0.154. The monoisotopic (exact) mass is 454 g/mol. The van der Waals surface area contributed by atoms with Gasteiger partial charge in [-0.3, -0.25) is 14.3 Å². The Morgan fingerprint density at radius 2 is 2.00 bits per heavy atom. The van der Waals surface area contributed by atoms with Crippen LogP contribution in [0.5, 0.6) is 5.75 Å². The molecule has 0 fully saturated rings. The summed E-state index contributed by atoms with van der Waals surface area (Å²) in [5.41, 5.74) is 1.68. The van der Waals surface area contributed by atoms with Gasteiger partial charge >= 0.3 is 5.97 Å². The zero-order valence-electron chi connectivity index (χ0n) is 20.3. The van der Waals surface area contributed by atoms with E-state index in [0.717, 1.165) is 18.4 Å². The Labute approximate surface area is 195 Å². The lowest BCUT2D eigenvalue weighted by Crippen LogP contribution is -2.36. The maximum Gasteiger partial charge on any atom is 0.303 e. The van der Waals surface area contributed by atoms with E-state index in [2.05, 4.69) is 5.10 Å². The molecule has 3 aromatic rings. The first-order valence-electron chi connectivity index (χ1n) is 11.5. The van der Waals surface area contributed by atoms with Gasteiger partial charge in [-0.2, -0.15) is 5.10 Å². The second-order valence-electron chi connectivity index (χ2n) is 8.01. The van der Waals surface area contributed by atoms with Crippen LogP contribution in [0.3, 0.4) is 0 Å². The molecule has 0 atom stereocenters. The third kappa shape index (κ3) is 6.47. The normalized spacial score (nSPS) is 11.8. The number of carbonyl (C=O) groups is 2. The minimum Gasteiger partial charge on any atom is -0.493 e. The van der Waals surface area contributed by atoms with Gasteiger partial charge in [-0.15, -0.1) is 0 Å². The van der Waals surface area contributed by atoms with E-state index < -0.39 is 12.0 Å². The van der Waals surface area contributed by atoms with E-state index in [1.807, 2.05) is 24.3 Å². The molecule has 0 aliphatic rings. The molecule has 0 aliphatic carbocycles. The number of carbonyl (C=O) groups excluding carboxylic acids is 1. The van der Waals surface area contributed by atoms with Crippen molar-refractivity contribution in [2.45, 2.75) is 52.1 Å². The van der Waals surface area contributed by atoms with Crippen LogP contribution < -0.4 is 4.74 Å². The van der Waals surface area contributed by atoms with Crippen molar-refractivity contribution >= 4 is 11.9 Å². The number of carboxylic acids is 1. The average Bonchev–Trinajstić information content (AvgIpc) is 3.43. The van der Waals surface area contributed by atoms with E-state index in [0.29, 0.717) is 30.2 Å². The van der Waals surface area contributed by atoms with Gasteiger partial charge in [0.05, 0.1) is 14.2 Å². The summed E-state index contributed by atoms with van der Waals surface area (Å²) in [5, 5.41) is 13.1. The molecule has 3 rings (SSSR count). The third-order valence-corrected chi connectivity index (χ3v) is 5.25. The van der Waals surface area contributed by atoms with Crippen LogP contribution in [0, 0.1) is 0 Å². The van der Waals surface area contributed by atoms with E-state index in [4.69, 9.17) is 15.6 Å². The first-order chi connectivity index (χ1) is 16.2. The lowest BCUT2D eigenvalue weighted by atomic mass is 10.1. The predicted octanol–water partition coefficient (Wildman–Crippen LogP) is 4.75. The van der Waals surface area contributed by atoms with Gasteiger partial charge in [0, 0.05) is 37.7 Å². The summed E-state index contributed by atoms with van der Waals surface area (Å²) < 4.78 is 21.6. The maximum absolute atomic E-state index is 13.4. The number of nitrogens with zero attached hydrogens (tertiary/aromatic N) is 3. The highest BCUT2D eigenvalue weighted by molar-refractivity contribution is 5.93. The molecule has 8 heteroatoms. The summed E-state index contributed by atoms with van der Waals surface area (Å²) in [5.74, 6) is 0.0861. The molecular weight excluding hydrogens is 422 g/mol. The molecule has 0 aliphatic heterocycles. The fourth-order valence-corrected chi connectivity index (χ4v) is 3.48. The van der Waals surface area contributed by atoms with Crippen LogP contribution in [0.4, 0.5) is 0 Å². The lowest BCUT2D eigenvalue weighted by molar-refractivity contribution is -0.137. The molecule has 0 bridgehead atoms. The number of ether oxygens (including phenoxy) is 1. The number of para-hydroxylation sites is 1. The summed E-state index contributed by atoms with van der Waals surface area (Å²) in [4.78, 5) is 25.5. The van der Waals surface area contributed by atoms with Crippen LogP contribution in [0.15, 0.2) is 53.1 Å². The summed E-state index contributed by atoms with van der Waals surface area (Å²) in [6.07, 6.45) is 3.82. The largest absolute Gasteiger partial charge is 0.493 e. The fraction of sp³-hybridized carbons (Fsp3) is 0.400. The molecule has 8 nitrogen and oxygen atoms in total. The second-order valence-corrected chi connectivity index (χ2v) is 8.01. The van der Waals surface area contributed by atoms with Crippen molar-refractivity contribution in [2.24, 2.45) is 7.05 Å². The quantitative estimate of drug-likeness (QED) is 0.397. The summed E-state index contributed by atoms with van der Waals surface area (Å²) in [6.45, 7) is 3.94. The van der Waals surface area contributed by atoms with Crippen molar-refractivity contribution in [1.82, 2.24) is 14.7 Å². The Kier molecular flexibility index (Phi) is 7.79. The molecule has 1 N–H and O–H groups in total. The van der Waals surface area contributed by atoms with Gasteiger partial charge in [0.1, 0.15) is 11.4 Å². The molecule has 176 valence electrons. The fourth-order valence-electron chi connectivity index (χ4n) is 3.48. The van der Waals surface area contributed by atoms with Gasteiger partial charge in [-0.05, 0) is 51.3 Å². The number of rotatable bonds is 12. The highest BCUT2D eigenvalue weighted by atomic mass is 16.5. The van der Waals surface area contributed by atoms with Crippen LogP contribution >= 0.6 is 0 Å². The number of aliphatic carboxylic acids is 1. The topological polar surface area (TPSA) is 97.8 Å². The molecular formula is C25H31N3O5. The molecule has 0 unspecified atom stereocenters. The van der Waals surface area contributed by atoms with Crippen LogP contribution in [0.1, 0.15) is 57.0 Å². The van der Waals surface area contributed by atoms with Gasteiger partial charge in [0.2, 0.25) is 0 Å². The van der Waals surface area contributed by atoms with E-state index in [-0.39, 0.29) is 24.6 Å². The number of aryl methyl sites for hydroxylation is 1. The lowest BCUT2D eigenvalue weighted by Gasteiger charge is -2.27. The molecule has 2 heterocycles. The number of furan rings is 1. The van der Waals surface area contributed by atoms with Gasteiger partial charge in [0.25, 0.3) is 5.91 Å². The molecule has 0 saturated carbocycles. The number of aromatic nitrogens is 2. The maximum atomic E-state index is 13.4. The van der Waals surface area contributed by atoms with Crippen molar-refractivity contribution in [3.63, 3.8) is 0 Å². The smallest absolute Gasteiger partial charge is 0.303 e. The zero-order chi connectivity index (χ0) is 24.7. The van der Waals surface area contributed by atoms with Crippen molar-refractivity contribution in [3.8, 4) is 17.2 Å². The summed E-state index contributed by atoms with van der Waals surface area (Å²) in [7, 11) is 1.74. The minimum atomic E-state index is -1.20. The Morgan fingerprint density at radius 1 is 1.21 bits per heavy atom. The van der Waals surface area contributed by atoms with E-state index in [1.54, 1.807) is 50.0 Å². The average molecular weight is 455 g/mol. The number of unbranched alkanes of at least 4 members (excludes halogenated alkanes) is 2. The first-order valence-corrected chi connectivity index (χ1v) is 11.0. The Balaban J connectivity index is 1.73. The number of hydrogen-bond donors (Lipinski definition) is 1. The number of amides is 1. The molecule has 1 aromatic carbocycles. The molecule has 33 heavy (non-hydrogen) atoms. The van der Waals surface area contributed by atoms with E-state index in [9.17, 15) is 9.59 Å². The zero-order valence-corrected chi connectivity index (χ0v) is 19.3. The highest BCUT2D eigenvalue weighted by Crippen LogP contribution is 2.24. The van der Waals surface area contributed by atoms with Crippen LogP contribution in [0.2, 0.25) is 0 Å². The molecule has 0 radical (unpaired) electrons. The van der Waals surface area contributed by atoms with Crippen LogP contribution in [-0.2, 0) is 18.4 Å².